The number of carbonyl (C=O) groups is 1. The van der Waals surface area contributed by atoms with E-state index in [-0.39, 0.29) is 17.3 Å². The predicted molar refractivity (Wildman–Crippen MR) is 116 cm³/mol. The van der Waals surface area contributed by atoms with Crippen LogP contribution < -0.4 is 4.90 Å². The van der Waals surface area contributed by atoms with E-state index in [0.717, 1.165) is 54.9 Å². The quantitative estimate of drug-likeness (QED) is 0.632. The number of anilines is 1. The van der Waals surface area contributed by atoms with E-state index in [1.165, 1.54) is 25.5 Å². The molecule has 0 aromatic heterocycles. The maximum Gasteiger partial charge on any atom is 0.414 e. The number of ether oxygens (including phenoxy) is 1. The lowest BCUT2D eigenvalue weighted by atomic mass is 9.74. The van der Waals surface area contributed by atoms with Gasteiger partial charge in [0, 0.05) is 18.5 Å². The lowest BCUT2D eigenvalue weighted by molar-refractivity contribution is 0.0569. The highest BCUT2D eigenvalue weighted by Gasteiger charge is 2.48. The number of fused-ring (bicyclic) bond motifs is 4. The average molecular weight is 413 g/mol. The normalized spacial score (nSPS) is 29.6. The van der Waals surface area contributed by atoms with Gasteiger partial charge < -0.3 is 9.64 Å². The van der Waals surface area contributed by atoms with Gasteiger partial charge in [0.25, 0.3) is 0 Å². The summed E-state index contributed by atoms with van der Waals surface area (Å²) in [6, 6.07) is 4.85. The van der Waals surface area contributed by atoms with Crippen LogP contribution in [0.4, 0.5) is 14.9 Å². The number of allylic oxidation sites excluding steroid dienone is 2. The van der Waals surface area contributed by atoms with Crippen molar-refractivity contribution in [2.75, 3.05) is 31.1 Å². The fraction of sp³-hybridized carbons (Fsp3) is 0.640. The van der Waals surface area contributed by atoms with Gasteiger partial charge in [-0.05, 0) is 101 Å². The zero-order chi connectivity index (χ0) is 21.1. The number of nitrogens with zero attached hydrogens (tertiary/aromatic N) is 2. The number of halogens is 1. The van der Waals surface area contributed by atoms with Crippen LogP contribution in [0.2, 0.25) is 0 Å². The molecule has 2 aliphatic carbocycles. The van der Waals surface area contributed by atoms with E-state index in [4.69, 9.17) is 4.74 Å². The molecular weight excluding hydrogens is 379 g/mol. The number of hydrogen-bond acceptors (Lipinski definition) is 3. The molecule has 0 N–H and O–H groups in total. The molecule has 0 radical (unpaired) electrons. The summed E-state index contributed by atoms with van der Waals surface area (Å²) in [6.45, 7) is 9.42. The molecule has 1 unspecified atom stereocenters. The van der Waals surface area contributed by atoms with E-state index in [1.807, 2.05) is 20.8 Å². The fourth-order valence-electron chi connectivity index (χ4n) is 6.15. The highest BCUT2D eigenvalue weighted by molar-refractivity contribution is 5.91. The minimum absolute atomic E-state index is 0.167. The Kier molecular flexibility index (Phi) is 4.73. The Morgan fingerprint density at radius 3 is 2.60 bits per heavy atom. The third-order valence-corrected chi connectivity index (χ3v) is 7.62. The minimum atomic E-state index is -0.550. The molecule has 2 fully saturated rings. The summed E-state index contributed by atoms with van der Waals surface area (Å²) in [6.07, 6.45) is 9.10. The van der Waals surface area contributed by atoms with Crippen LogP contribution in [0.3, 0.4) is 0 Å². The van der Waals surface area contributed by atoms with Gasteiger partial charge in [-0.2, -0.15) is 0 Å². The smallest absolute Gasteiger partial charge is 0.414 e. The van der Waals surface area contributed by atoms with Crippen molar-refractivity contribution in [1.82, 2.24) is 4.90 Å². The van der Waals surface area contributed by atoms with E-state index >= 15 is 0 Å². The number of rotatable bonds is 2. The van der Waals surface area contributed by atoms with Crippen LogP contribution >= 0.6 is 0 Å². The molecule has 1 aromatic carbocycles. The molecular formula is C25H33FN2O2. The van der Waals surface area contributed by atoms with Crippen LogP contribution in [-0.2, 0) is 10.2 Å². The molecule has 5 rings (SSSR count). The van der Waals surface area contributed by atoms with Crippen molar-refractivity contribution in [2.45, 2.75) is 57.5 Å². The molecule has 1 amide bonds. The van der Waals surface area contributed by atoms with Gasteiger partial charge in [0.2, 0.25) is 0 Å². The maximum absolute atomic E-state index is 14.2. The fourth-order valence-corrected chi connectivity index (χ4v) is 6.15. The van der Waals surface area contributed by atoms with Crippen molar-refractivity contribution >= 4 is 11.8 Å². The molecule has 1 aromatic rings. The molecule has 2 heterocycles. The summed E-state index contributed by atoms with van der Waals surface area (Å²) in [5.41, 5.74) is 1.08. The van der Waals surface area contributed by atoms with Crippen LogP contribution in [0.15, 0.2) is 30.4 Å². The average Bonchev–Trinajstić information content (AvgIpc) is 3.36. The molecule has 30 heavy (non-hydrogen) atoms. The highest BCUT2D eigenvalue weighted by Crippen LogP contribution is 2.49. The van der Waals surface area contributed by atoms with Gasteiger partial charge in [-0.1, -0.05) is 12.2 Å². The molecule has 162 valence electrons. The molecule has 1 spiro atoms. The largest absolute Gasteiger partial charge is 0.443 e. The Bertz CT molecular complexity index is 866. The monoisotopic (exact) mass is 412 g/mol. The second-order valence-corrected chi connectivity index (χ2v) is 10.8. The molecule has 4 nitrogen and oxygen atoms in total. The van der Waals surface area contributed by atoms with Crippen LogP contribution in [0.1, 0.15) is 52.0 Å². The van der Waals surface area contributed by atoms with Gasteiger partial charge in [-0.15, -0.1) is 0 Å². The third-order valence-electron chi connectivity index (χ3n) is 7.62. The van der Waals surface area contributed by atoms with Crippen molar-refractivity contribution in [3.63, 3.8) is 0 Å². The Morgan fingerprint density at radius 1 is 1.20 bits per heavy atom. The number of carbonyl (C=O) groups excluding carboxylic acids is 1. The van der Waals surface area contributed by atoms with E-state index in [0.29, 0.717) is 6.54 Å². The van der Waals surface area contributed by atoms with Gasteiger partial charge >= 0.3 is 6.09 Å². The molecule has 4 aliphatic rings. The van der Waals surface area contributed by atoms with Crippen LogP contribution in [0, 0.1) is 23.6 Å². The lowest BCUT2D eigenvalue weighted by Crippen LogP contribution is -2.47. The zero-order valence-electron chi connectivity index (χ0n) is 18.4. The van der Waals surface area contributed by atoms with Gasteiger partial charge in [0.05, 0.1) is 5.69 Å². The van der Waals surface area contributed by atoms with Crippen molar-refractivity contribution in [2.24, 2.45) is 17.8 Å². The van der Waals surface area contributed by atoms with E-state index in [2.05, 4.69) is 17.1 Å². The lowest BCUT2D eigenvalue weighted by Gasteiger charge is -2.41. The van der Waals surface area contributed by atoms with Crippen molar-refractivity contribution in [3.05, 3.63) is 41.7 Å². The van der Waals surface area contributed by atoms with Crippen LogP contribution in [0.5, 0.6) is 0 Å². The second-order valence-electron chi connectivity index (χ2n) is 10.8. The van der Waals surface area contributed by atoms with Crippen molar-refractivity contribution in [3.8, 4) is 0 Å². The predicted octanol–water partition coefficient (Wildman–Crippen LogP) is 5.13. The summed E-state index contributed by atoms with van der Waals surface area (Å²) in [7, 11) is 0. The number of amides is 1. The highest BCUT2D eigenvalue weighted by atomic mass is 19.1. The molecule has 3 atom stereocenters. The van der Waals surface area contributed by atoms with Gasteiger partial charge in [-0.25, -0.2) is 9.18 Å². The SMILES string of the molecule is CC(C)(C)OC(=O)N1CC2(CCN(C[C@@H]3C[C@@H]4C=CC3C4)CC2)c2cc(F)ccc21. The topological polar surface area (TPSA) is 32.8 Å². The van der Waals surface area contributed by atoms with Crippen LogP contribution in [0.25, 0.3) is 0 Å². The first-order valence-corrected chi connectivity index (χ1v) is 11.4. The zero-order valence-corrected chi connectivity index (χ0v) is 18.4. The number of piperidine rings is 1. The Labute approximate surface area is 179 Å². The minimum Gasteiger partial charge on any atom is -0.443 e. The molecule has 5 heteroatoms. The Balaban J connectivity index is 1.31. The number of hydrogen-bond donors (Lipinski definition) is 0. The standard InChI is InChI=1S/C25H33FN2O2/c1-24(2,3)30-23(29)28-16-25(21-14-20(26)6-7-22(21)28)8-10-27(11-9-25)15-19-13-17-4-5-18(19)12-17/h4-7,14,17-19H,8-13,15-16H2,1-3H3/t17-,18?,19+/m1/s1. The van der Waals surface area contributed by atoms with Crippen LogP contribution in [-0.4, -0.2) is 42.8 Å². The Morgan fingerprint density at radius 2 is 1.97 bits per heavy atom. The van der Waals surface area contributed by atoms with Gasteiger partial charge in [-0.3, -0.25) is 4.90 Å². The first kappa shape index (κ1) is 20.0. The number of benzene rings is 1. The second kappa shape index (κ2) is 7.08. The van der Waals surface area contributed by atoms with Crippen molar-refractivity contribution in [1.29, 1.82) is 0 Å². The number of likely N-dealkylation sites (tertiary alicyclic amines) is 1. The van der Waals surface area contributed by atoms with Gasteiger partial charge in [0.1, 0.15) is 11.4 Å². The molecule has 2 bridgehead atoms. The summed E-state index contributed by atoms with van der Waals surface area (Å²) in [4.78, 5) is 17.2. The molecule has 1 saturated carbocycles. The Hall–Kier alpha value is -1.88. The van der Waals surface area contributed by atoms with E-state index in [1.54, 1.807) is 17.0 Å². The molecule has 1 saturated heterocycles. The van der Waals surface area contributed by atoms with Gasteiger partial charge in [0.15, 0.2) is 0 Å². The van der Waals surface area contributed by atoms with E-state index < -0.39 is 5.60 Å². The summed E-state index contributed by atoms with van der Waals surface area (Å²) in [5.74, 6) is 2.15. The first-order chi connectivity index (χ1) is 14.2. The summed E-state index contributed by atoms with van der Waals surface area (Å²) < 4.78 is 19.8. The molecule has 2 aliphatic heterocycles. The summed E-state index contributed by atoms with van der Waals surface area (Å²) >= 11 is 0. The first-order valence-electron chi connectivity index (χ1n) is 11.4. The maximum atomic E-state index is 14.2. The van der Waals surface area contributed by atoms with E-state index in [9.17, 15) is 9.18 Å². The summed E-state index contributed by atoms with van der Waals surface area (Å²) in [5, 5.41) is 0. The third kappa shape index (κ3) is 3.55. The van der Waals surface area contributed by atoms with Crippen molar-refractivity contribution < 1.29 is 13.9 Å².